The second-order valence-corrected chi connectivity index (χ2v) is 7.01. The van der Waals surface area contributed by atoms with Gasteiger partial charge in [0.1, 0.15) is 11.2 Å². The number of benzene rings is 1. The number of nitrogens with zero attached hydrogens (tertiary/aromatic N) is 2. The average molecular weight is 363 g/mol. The number of rotatable bonds is 6. The van der Waals surface area contributed by atoms with Crippen molar-refractivity contribution in [1.29, 1.82) is 5.41 Å². The molecule has 1 heterocycles. The fourth-order valence-corrected chi connectivity index (χ4v) is 3.38. The second kappa shape index (κ2) is 7.85. The summed E-state index contributed by atoms with van der Waals surface area (Å²) in [6.07, 6.45) is 0.864. The minimum atomic E-state index is -1.21. The van der Waals surface area contributed by atoms with Crippen molar-refractivity contribution in [1.82, 2.24) is 4.90 Å². The number of carbonyl (C=O) groups is 2. The first-order valence-electron chi connectivity index (χ1n) is 8.72. The summed E-state index contributed by atoms with van der Waals surface area (Å²) < 4.78 is 13.1. The molecule has 1 aromatic carbocycles. The fourth-order valence-electron chi connectivity index (χ4n) is 3.38. The smallest absolute Gasteiger partial charge is 0.315 e. The highest BCUT2D eigenvalue weighted by molar-refractivity contribution is 6.05. The van der Waals surface area contributed by atoms with E-state index >= 15 is 0 Å². The maximum atomic E-state index is 13.1. The van der Waals surface area contributed by atoms with Crippen molar-refractivity contribution < 1.29 is 19.1 Å². The van der Waals surface area contributed by atoms with E-state index in [0.717, 1.165) is 5.69 Å². The third-order valence-electron chi connectivity index (χ3n) is 5.45. The molecule has 2 N–H and O–H groups in total. The molecular weight excluding hydrogens is 337 g/mol. The summed E-state index contributed by atoms with van der Waals surface area (Å²) in [5.74, 6) is -1.41. The third-order valence-corrected chi connectivity index (χ3v) is 5.45. The molecule has 0 aromatic heterocycles. The summed E-state index contributed by atoms with van der Waals surface area (Å²) in [7, 11) is 1.66. The van der Waals surface area contributed by atoms with E-state index in [4.69, 9.17) is 5.41 Å². The maximum absolute atomic E-state index is 13.1. The van der Waals surface area contributed by atoms with Gasteiger partial charge >= 0.3 is 5.97 Å². The van der Waals surface area contributed by atoms with Gasteiger partial charge in [-0.2, -0.15) is 0 Å². The first-order chi connectivity index (χ1) is 12.2. The van der Waals surface area contributed by atoms with Crippen molar-refractivity contribution in [3.05, 3.63) is 30.1 Å². The lowest BCUT2D eigenvalue weighted by Gasteiger charge is -2.41. The zero-order chi connectivity index (χ0) is 19.5. The van der Waals surface area contributed by atoms with Gasteiger partial charge in [0.05, 0.1) is 0 Å². The molecular formula is C19H26FN3O3. The van der Waals surface area contributed by atoms with Crippen LogP contribution in [0.5, 0.6) is 0 Å². The number of hydrogen-bond donors (Lipinski definition) is 2. The molecule has 2 rings (SSSR count). The van der Waals surface area contributed by atoms with Crippen molar-refractivity contribution in [2.45, 2.75) is 39.2 Å². The maximum Gasteiger partial charge on any atom is 0.315 e. The van der Waals surface area contributed by atoms with Gasteiger partial charge in [-0.15, -0.1) is 0 Å². The Labute approximate surface area is 153 Å². The highest BCUT2D eigenvalue weighted by Gasteiger charge is 2.45. The molecule has 1 aromatic rings. The number of piperidine rings is 1. The van der Waals surface area contributed by atoms with Crippen molar-refractivity contribution in [2.75, 3.05) is 25.0 Å². The second-order valence-electron chi connectivity index (χ2n) is 7.01. The monoisotopic (exact) mass is 363 g/mol. The van der Waals surface area contributed by atoms with Crippen molar-refractivity contribution >= 4 is 23.3 Å². The molecule has 0 spiro atoms. The van der Waals surface area contributed by atoms with Gasteiger partial charge < -0.3 is 20.3 Å². The summed E-state index contributed by atoms with van der Waals surface area (Å²) >= 11 is 0. The Bertz CT molecular complexity index is 682. The SMILES string of the molecule is CC(=O)N(C)C(C)CC(=N)C1(C(=O)O)CCN(c2ccc(F)cc2)CC1. The summed E-state index contributed by atoms with van der Waals surface area (Å²) in [4.78, 5) is 27.0. The number of halogens is 1. The number of amides is 1. The van der Waals surface area contributed by atoms with E-state index in [-0.39, 0.29) is 29.9 Å². The Hall–Kier alpha value is -2.44. The number of nitrogens with one attached hydrogen (secondary N) is 1. The van der Waals surface area contributed by atoms with Crippen LogP contribution in [-0.4, -0.2) is 53.8 Å². The van der Waals surface area contributed by atoms with Crippen LogP contribution in [0.3, 0.4) is 0 Å². The molecule has 6 nitrogen and oxygen atoms in total. The topological polar surface area (TPSA) is 84.7 Å². The zero-order valence-electron chi connectivity index (χ0n) is 15.5. The highest BCUT2D eigenvalue weighted by Crippen LogP contribution is 2.36. The Morgan fingerprint density at radius 3 is 2.31 bits per heavy atom. The lowest BCUT2D eigenvalue weighted by atomic mass is 9.72. The lowest BCUT2D eigenvalue weighted by molar-refractivity contribution is -0.145. The van der Waals surface area contributed by atoms with Gasteiger partial charge in [-0.25, -0.2) is 4.39 Å². The first kappa shape index (κ1) is 19.9. The van der Waals surface area contributed by atoms with Gasteiger partial charge in [0.2, 0.25) is 5.91 Å². The third kappa shape index (κ3) is 4.03. The molecule has 142 valence electrons. The zero-order valence-corrected chi connectivity index (χ0v) is 15.5. The summed E-state index contributed by atoms with van der Waals surface area (Å²) in [6.45, 7) is 4.24. The van der Waals surface area contributed by atoms with Crippen LogP contribution < -0.4 is 4.90 Å². The van der Waals surface area contributed by atoms with Crippen LogP contribution in [0.15, 0.2) is 24.3 Å². The molecule has 1 atom stereocenters. The van der Waals surface area contributed by atoms with Gasteiger partial charge in [-0.1, -0.05) is 0 Å². The number of anilines is 1. The number of carboxylic acids is 1. The van der Waals surface area contributed by atoms with E-state index in [9.17, 15) is 19.1 Å². The van der Waals surface area contributed by atoms with E-state index in [0.29, 0.717) is 25.9 Å². The van der Waals surface area contributed by atoms with Crippen LogP contribution in [0.2, 0.25) is 0 Å². The fraction of sp³-hybridized carbons (Fsp3) is 0.526. The van der Waals surface area contributed by atoms with Crippen molar-refractivity contribution in [3.8, 4) is 0 Å². The van der Waals surface area contributed by atoms with E-state index in [1.165, 1.54) is 24.0 Å². The number of carboxylic acid groups (broad SMARTS) is 1. The van der Waals surface area contributed by atoms with Gasteiger partial charge in [0.25, 0.3) is 0 Å². The predicted octanol–water partition coefficient (Wildman–Crippen LogP) is 2.77. The molecule has 1 fully saturated rings. The van der Waals surface area contributed by atoms with Crippen molar-refractivity contribution in [2.24, 2.45) is 5.41 Å². The molecule has 1 amide bonds. The molecule has 1 saturated heterocycles. The van der Waals surface area contributed by atoms with Crippen LogP contribution in [0.25, 0.3) is 0 Å². The van der Waals surface area contributed by atoms with E-state index in [1.807, 2.05) is 11.8 Å². The number of aliphatic carboxylic acids is 1. The minimum Gasteiger partial charge on any atom is -0.481 e. The highest BCUT2D eigenvalue weighted by atomic mass is 19.1. The van der Waals surface area contributed by atoms with Gasteiger partial charge in [0, 0.05) is 50.9 Å². The first-order valence-corrected chi connectivity index (χ1v) is 8.72. The van der Waals surface area contributed by atoms with Gasteiger partial charge in [-0.05, 0) is 44.0 Å². The summed E-state index contributed by atoms with van der Waals surface area (Å²) in [5.41, 5.74) is -0.200. The van der Waals surface area contributed by atoms with Gasteiger partial charge in [-0.3, -0.25) is 9.59 Å². The molecule has 0 saturated carbocycles. The largest absolute Gasteiger partial charge is 0.481 e. The molecule has 0 radical (unpaired) electrons. The Morgan fingerprint density at radius 2 is 1.85 bits per heavy atom. The average Bonchev–Trinajstić information content (AvgIpc) is 2.61. The molecule has 1 aliphatic rings. The summed E-state index contributed by atoms with van der Waals surface area (Å²) in [5, 5.41) is 18.3. The van der Waals surface area contributed by atoms with Crippen LogP contribution in [0.4, 0.5) is 10.1 Å². The normalized spacial score (nSPS) is 17.5. The van der Waals surface area contributed by atoms with E-state index < -0.39 is 11.4 Å². The molecule has 26 heavy (non-hydrogen) atoms. The van der Waals surface area contributed by atoms with Crippen LogP contribution >= 0.6 is 0 Å². The van der Waals surface area contributed by atoms with Gasteiger partial charge in [0.15, 0.2) is 0 Å². The van der Waals surface area contributed by atoms with E-state index in [1.54, 1.807) is 19.2 Å². The molecule has 1 aliphatic heterocycles. The minimum absolute atomic E-state index is 0.110. The molecule has 1 unspecified atom stereocenters. The lowest BCUT2D eigenvalue weighted by Crippen LogP contribution is -2.50. The Kier molecular flexibility index (Phi) is 6.00. The molecule has 0 bridgehead atoms. The summed E-state index contributed by atoms with van der Waals surface area (Å²) in [6, 6.07) is 5.90. The quantitative estimate of drug-likeness (QED) is 0.761. The van der Waals surface area contributed by atoms with Crippen LogP contribution in [0.1, 0.15) is 33.1 Å². The van der Waals surface area contributed by atoms with Crippen molar-refractivity contribution in [3.63, 3.8) is 0 Å². The van der Waals surface area contributed by atoms with Crippen LogP contribution in [0, 0.1) is 16.6 Å². The Balaban J connectivity index is 2.09. The number of carbonyl (C=O) groups excluding carboxylic acids is 1. The predicted molar refractivity (Wildman–Crippen MR) is 98.2 cm³/mol. The van der Waals surface area contributed by atoms with Crippen LogP contribution in [-0.2, 0) is 9.59 Å². The number of hydrogen-bond acceptors (Lipinski definition) is 4. The molecule has 0 aliphatic carbocycles. The Morgan fingerprint density at radius 1 is 1.31 bits per heavy atom. The standard InChI is InChI=1S/C19H26FN3O3/c1-13(22(3)14(2)24)12-17(21)19(18(25)26)8-10-23(11-9-19)16-6-4-15(20)5-7-16/h4-7,13,21H,8-12H2,1-3H3,(H,25,26). The molecule has 7 heteroatoms. The van der Waals surface area contributed by atoms with E-state index in [2.05, 4.69) is 0 Å².